The molecule has 8 heteroatoms. The molecule has 2 aliphatic rings. The van der Waals surface area contributed by atoms with Crippen LogP contribution in [0.15, 0.2) is 35.2 Å². The molecule has 0 radical (unpaired) electrons. The summed E-state index contributed by atoms with van der Waals surface area (Å²) in [7, 11) is -3.14. The third-order valence-electron chi connectivity index (χ3n) is 5.83. The molecule has 1 unspecified atom stereocenters. The van der Waals surface area contributed by atoms with Gasteiger partial charge in [0.05, 0.1) is 12.0 Å². The molecular weight excluding hydrogens is 382 g/mol. The molecule has 0 N–H and O–H groups in total. The molecule has 2 saturated heterocycles. The van der Waals surface area contributed by atoms with Crippen molar-refractivity contribution in [2.45, 2.75) is 30.2 Å². The van der Waals surface area contributed by atoms with Crippen molar-refractivity contribution in [3.05, 3.63) is 30.3 Å². The summed E-state index contributed by atoms with van der Waals surface area (Å²) in [6.07, 6.45) is 3.09. The quantitative estimate of drug-likeness (QED) is 0.668. The Hall–Kier alpha value is -1.09. The third-order valence-corrected chi connectivity index (χ3v) is 8.08. The van der Waals surface area contributed by atoms with E-state index >= 15 is 0 Å². The van der Waals surface area contributed by atoms with Gasteiger partial charge in [-0.2, -0.15) is 0 Å². The topological polar surface area (TPSA) is 60.9 Å². The highest BCUT2D eigenvalue weighted by atomic mass is 32.2. The van der Waals surface area contributed by atoms with Crippen molar-refractivity contribution < 1.29 is 13.2 Å². The molecule has 2 fully saturated rings. The van der Waals surface area contributed by atoms with Gasteiger partial charge in [0, 0.05) is 49.7 Å². The molecule has 3 rings (SSSR count). The van der Waals surface area contributed by atoms with Crippen LogP contribution in [0.3, 0.4) is 0 Å². The SMILES string of the molecule is CCC1(N2CCN(C(=O)CSc3ccccc3)CC2)CCN(S(C)(=O)=O)C1. The van der Waals surface area contributed by atoms with E-state index in [0.717, 1.165) is 43.9 Å². The van der Waals surface area contributed by atoms with E-state index in [4.69, 9.17) is 0 Å². The van der Waals surface area contributed by atoms with Crippen molar-refractivity contribution in [1.82, 2.24) is 14.1 Å². The zero-order chi connectivity index (χ0) is 19.5. The van der Waals surface area contributed by atoms with Gasteiger partial charge in [0.2, 0.25) is 15.9 Å². The normalized spacial score (nSPS) is 25.0. The Kier molecular flexibility index (Phi) is 6.50. The summed E-state index contributed by atoms with van der Waals surface area (Å²) in [5.74, 6) is 0.642. The molecule has 0 aromatic heterocycles. The molecule has 1 aromatic carbocycles. The maximum Gasteiger partial charge on any atom is 0.233 e. The molecule has 2 heterocycles. The van der Waals surface area contributed by atoms with Crippen LogP contribution in [0.4, 0.5) is 0 Å². The molecule has 1 amide bonds. The second kappa shape index (κ2) is 8.51. The molecule has 1 atom stereocenters. The summed E-state index contributed by atoms with van der Waals surface area (Å²) < 4.78 is 25.4. The van der Waals surface area contributed by atoms with Crippen LogP contribution in [0, 0.1) is 0 Å². The summed E-state index contributed by atoms with van der Waals surface area (Å²) in [4.78, 5) is 18.0. The van der Waals surface area contributed by atoms with E-state index in [1.54, 1.807) is 16.1 Å². The summed E-state index contributed by atoms with van der Waals surface area (Å²) in [5.41, 5.74) is -0.0863. The molecule has 0 aliphatic carbocycles. The molecule has 0 spiro atoms. The number of sulfonamides is 1. The molecular formula is C19H29N3O3S2. The minimum absolute atomic E-state index is 0.0863. The van der Waals surface area contributed by atoms with E-state index in [-0.39, 0.29) is 11.4 Å². The lowest BCUT2D eigenvalue weighted by Crippen LogP contribution is -2.59. The average molecular weight is 412 g/mol. The van der Waals surface area contributed by atoms with E-state index in [9.17, 15) is 13.2 Å². The second-order valence-corrected chi connectivity index (χ2v) is 10.4. The summed E-state index contributed by atoms with van der Waals surface area (Å²) in [5, 5.41) is 0. The molecule has 2 aliphatic heterocycles. The Morgan fingerprint density at radius 1 is 1.11 bits per heavy atom. The zero-order valence-corrected chi connectivity index (χ0v) is 17.8. The van der Waals surface area contributed by atoms with Gasteiger partial charge < -0.3 is 4.90 Å². The van der Waals surface area contributed by atoms with E-state index in [1.165, 1.54) is 6.26 Å². The number of hydrogen-bond donors (Lipinski definition) is 0. The lowest BCUT2D eigenvalue weighted by atomic mass is 9.92. The van der Waals surface area contributed by atoms with Crippen molar-refractivity contribution in [3.8, 4) is 0 Å². The highest BCUT2D eigenvalue weighted by Crippen LogP contribution is 2.33. The highest BCUT2D eigenvalue weighted by molar-refractivity contribution is 8.00. The fourth-order valence-corrected chi connectivity index (χ4v) is 5.78. The van der Waals surface area contributed by atoms with Crippen LogP contribution >= 0.6 is 11.8 Å². The molecule has 0 bridgehead atoms. The number of carbonyl (C=O) groups is 1. The van der Waals surface area contributed by atoms with Crippen molar-refractivity contribution in [3.63, 3.8) is 0 Å². The van der Waals surface area contributed by atoms with E-state index < -0.39 is 10.0 Å². The van der Waals surface area contributed by atoms with Crippen LogP contribution in [0.25, 0.3) is 0 Å². The minimum Gasteiger partial charge on any atom is -0.339 e. The Morgan fingerprint density at radius 2 is 1.78 bits per heavy atom. The number of hydrogen-bond acceptors (Lipinski definition) is 5. The molecule has 150 valence electrons. The standard InChI is InChI=1S/C19H29N3O3S2/c1-3-19(9-10-22(16-19)27(2,24)25)21-13-11-20(12-14-21)18(23)15-26-17-7-5-4-6-8-17/h4-8H,3,9-16H2,1-2H3. The van der Waals surface area contributed by atoms with Crippen molar-refractivity contribution in [2.75, 3.05) is 51.3 Å². The number of amides is 1. The summed E-state index contributed by atoms with van der Waals surface area (Å²) in [6.45, 7) is 6.36. The van der Waals surface area contributed by atoms with Crippen LogP contribution in [0.2, 0.25) is 0 Å². The average Bonchev–Trinajstić information content (AvgIpc) is 3.13. The first-order chi connectivity index (χ1) is 12.8. The van der Waals surface area contributed by atoms with Gasteiger partial charge in [-0.3, -0.25) is 9.69 Å². The number of rotatable bonds is 6. The number of piperazine rings is 1. The zero-order valence-electron chi connectivity index (χ0n) is 16.1. The van der Waals surface area contributed by atoms with Crippen LogP contribution in [-0.2, 0) is 14.8 Å². The summed E-state index contributed by atoms with van der Waals surface area (Å²) in [6, 6.07) is 9.99. The Balaban J connectivity index is 1.52. The smallest absolute Gasteiger partial charge is 0.233 e. The molecule has 27 heavy (non-hydrogen) atoms. The van der Waals surface area contributed by atoms with Crippen LogP contribution < -0.4 is 0 Å². The number of nitrogens with zero attached hydrogens (tertiary/aromatic N) is 3. The van der Waals surface area contributed by atoms with E-state index in [0.29, 0.717) is 18.8 Å². The van der Waals surface area contributed by atoms with Gasteiger partial charge in [0.15, 0.2) is 0 Å². The van der Waals surface area contributed by atoms with Gasteiger partial charge in [-0.05, 0) is 25.0 Å². The maximum absolute atomic E-state index is 12.5. The first-order valence-electron chi connectivity index (χ1n) is 9.50. The number of benzene rings is 1. The summed E-state index contributed by atoms with van der Waals surface area (Å²) >= 11 is 1.58. The Bertz CT molecular complexity index is 749. The first-order valence-corrected chi connectivity index (χ1v) is 12.3. The Morgan fingerprint density at radius 3 is 2.33 bits per heavy atom. The fraction of sp³-hybridized carbons (Fsp3) is 0.632. The molecule has 1 aromatic rings. The van der Waals surface area contributed by atoms with Gasteiger partial charge in [-0.25, -0.2) is 12.7 Å². The highest BCUT2D eigenvalue weighted by Gasteiger charge is 2.45. The van der Waals surface area contributed by atoms with Crippen LogP contribution in [-0.4, -0.2) is 85.2 Å². The maximum atomic E-state index is 12.5. The fourth-order valence-electron chi connectivity index (χ4n) is 4.06. The first kappa shape index (κ1) is 20.6. The largest absolute Gasteiger partial charge is 0.339 e. The van der Waals surface area contributed by atoms with Gasteiger partial charge in [0.25, 0.3) is 0 Å². The predicted octanol–water partition coefficient (Wildman–Crippen LogP) is 1.74. The number of thioether (sulfide) groups is 1. The van der Waals surface area contributed by atoms with Crippen LogP contribution in [0.5, 0.6) is 0 Å². The molecule has 6 nitrogen and oxygen atoms in total. The third kappa shape index (κ3) is 4.85. The van der Waals surface area contributed by atoms with Gasteiger partial charge >= 0.3 is 0 Å². The second-order valence-electron chi connectivity index (χ2n) is 7.39. The van der Waals surface area contributed by atoms with Crippen molar-refractivity contribution >= 4 is 27.7 Å². The number of carbonyl (C=O) groups excluding carboxylic acids is 1. The van der Waals surface area contributed by atoms with Gasteiger partial charge in [0.1, 0.15) is 0 Å². The van der Waals surface area contributed by atoms with Crippen molar-refractivity contribution in [2.24, 2.45) is 0 Å². The van der Waals surface area contributed by atoms with E-state index in [2.05, 4.69) is 11.8 Å². The van der Waals surface area contributed by atoms with Gasteiger partial charge in [-0.1, -0.05) is 25.1 Å². The Labute approximate surface area is 166 Å². The lowest BCUT2D eigenvalue weighted by Gasteiger charge is -2.45. The predicted molar refractivity (Wildman–Crippen MR) is 109 cm³/mol. The van der Waals surface area contributed by atoms with Crippen LogP contribution in [0.1, 0.15) is 19.8 Å². The van der Waals surface area contributed by atoms with Gasteiger partial charge in [-0.15, -0.1) is 11.8 Å². The molecule has 0 saturated carbocycles. The van der Waals surface area contributed by atoms with Crippen molar-refractivity contribution in [1.29, 1.82) is 0 Å². The minimum atomic E-state index is -3.14. The lowest BCUT2D eigenvalue weighted by molar-refractivity contribution is -0.131. The monoisotopic (exact) mass is 411 g/mol. The van der Waals surface area contributed by atoms with E-state index in [1.807, 2.05) is 35.2 Å².